The van der Waals surface area contributed by atoms with E-state index < -0.39 is 0 Å². The van der Waals surface area contributed by atoms with Gasteiger partial charge in [0.2, 0.25) is 0 Å². The predicted octanol–water partition coefficient (Wildman–Crippen LogP) is 6.36. The number of rotatable bonds is 14. The Kier molecular flexibility index (Phi) is 11.5. The first kappa shape index (κ1) is 21.3. The number of hydrogen-bond donors (Lipinski definition) is 0. The van der Waals surface area contributed by atoms with Crippen molar-refractivity contribution in [3.63, 3.8) is 0 Å². The molecule has 3 nitrogen and oxygen atoms in total. The summed E-state index contributed by atoms with van der Waals surface area (Å²) in [6, 6.07) is 5.29. The lowest BCUT2D eigenvalue weighted by Crippen LogP contribution is -2.01. The van der Waals surface area contributed by atoms with Gasteiger partial charge < -0.3 is 9.47 Å². The summed E-state index contributed by atoms with van der Waals surface area (Å²) in [6.07, 6.45) is 13.2. The van der Waals surface area contributed by atoms with E-state index in [1.807, 2.05) is 13.0 Å². The maximum atomic E-state index is 10.9. The molecule has 0 aliphatic heterocycles. The van der Waals surface area contributed by atoms with Crippen LogP contribution in [0.1, 0.15) is 82.5 Å². The van der Waals surface area contributed by atoms with E-state index in [0.717, 1.165) is 12.7 Å². The summed E-state index contributed by atoms with van der Waals surface area (Å²) in [5, 5.41) is 0. The van der Waals surface area contributed by atoms with Gasteiger partial charge in [0.05, 0.1) is 13.2 Å². The summed E-state index contributed by atoms with van der Waals surface area (Å²) in [6.45, 7) is 7.55. The van der Waals surface area contributed by atoms with Crippen LogP contribution in [0.5, 0.6) is 11.5 Å². The number of aldehydes is 1. The quantitative estimate of drug-likeness (QED) is 0.223. The molecule has 1 rings (SSSR count). The fraction of sp³-hybridized carbons (Fsp3) is 0.591. The third-order valence-corrected chi connectivity index (χ3v) is 4.20. The largest absolute Gasteiger partial charge is 0.490 e. The van der Waals surface area contributed by atoms with Crippen molar-refractivity contribution in [2.75, 3.05) is 13.2 Å². The van der Waals surface area contributed by atoms with E-state index in [2.05, 4.69) is 19.9 Å². The zero-order valence-electron chi connectivity index (χ0n) is 16.2. The second-order valence-corrected chi connectivity index (χ2v) is 6.46. The van der Waals surface area contributed by atoms with Gasteiger partial charge in [-0.1, -0.05) is 50.7 Å². The molecular formula is C22H34O3. The van der Waals surface area contributed by atoms with Crippen molar-refractivity contribution >= 4 is 6.29 Å². The van der Waals surface area contributed by atoms with E-state index in [9.17, 15) is 4.79 Å². The summed E-state index contributed by atoms with van der Waals surface area (Å²) >= 11 is 0. The topological polar surface area (TPSA) is 35.5 Å². The molecule has 1 aromatic carbocycles. The van der Waals surface area contributed by atoms with Crippen LogP contribution in [0, 0.1) is 0 Å². The molecule has 0 aliphatic rings. The van der Waals surface area contributed by atoms with Crippen molar-refractivity contribution < 1.29 is 14.3 Å². The molecule has 0 amide bonds. The Hall–Kier alpha value is -1.77. The standard InChI is InChI=1S/C22H34O3/c1-4-6-7-8-9-10-12-19(3)13-11-16-25-21-15-14-20(18-23)17-22(21)24-5-2/h13-15,17-18H,4-12,16H2,1-3H3. The molecule has 0 fully saturated rings. The molecule has 0 N–H and O–H groups in total. The minimum Gasteiger partial charge on any atom is -0.490 e. The van der Waals surface area contributed by atoms with Gasteiger partial charge in [-0.3, -0.25) is 4.79 Å². The Balaban J connectivity index is 2.30. The summed E-state index contributed by atoms with van der Waals surface area (Å²) in [5.41, 5.74) is 2.05. The average molecular weight is 347 g/mol. The van der Waals surface area contributed by atoms with Crippen molar-refractivity contribution in [2.45, 2.75) is 72.1 Å². The van der Waals surface area contributed by atoms with Crippen molar-refractivity contribution in [3.05, 3.63) is 35.4 Å². The maximum absolute atomic E-state index is 10.9. The first-order chi connectivity index (χ1) is 12.2. The maximum Gasteiger partial charge on any atom is 0.161 e. The smallest absolute Gasteiger partial charge is 0.161 e. The minimum atomic E-state index is 0.552. The van der Waals surface area contributed by atoms with E-state index >= 15 is 0 Å². The molecule has 0 aromatic heterocycles. The zero-order chi connectivity index (χ0) is 18.3. The highest BCUT2D eigenvalue weighted by Crippen LogP contribution is 2.28. The third-order valence-electron chi connectivity index (χ3n) is 4.20. The zero-order valence-corrected chi connectivity index (χ0v) is 16.2. The Morgan fingerprint density at radius 3 is 2.48 bits per heavy atom. The molecule has 0 heterocycles. The number of benzene rings is 1. The fourth-order valence-electron chi connectivity index (χ4n) is 2.75. The molecule has 0 bridgehead atoms. The molecule has 0 aliphatic carbocycles. The van der Waals surface area contributed by atoms with Crippen LogP contribution < -0.4 is 9.47 Å². The first-order valence-electron chi connectivity index (χ1n) is 9.71. The van der Waals surface area contributed by atoms with Crippen LogP contribution in [0.2, 0.25) is 0 Å². The van der Waals surface area contributed by atoms with Gasteiger partial charge in [0.25, 0.3) is 0 Å². The Morgan fingerprint density at radius 1 is 1.00 bits per heavy atom. The van der Waals surface area contributed by atoms with Crippen LogP contribution in [0.3, 0.4) is 0 Å². The van der Waals surface area contributed by atoms with Gasteiger partial charge in [0, 0.05) is 5.56 Å². The number of ether oxygens (including phenoxy) is 2. The second kappa shape index (κ2) is 13.5. The van der Waals surface area contributed by atoms with Gasteiger partial charge in [-0.25, -0.2) is 0 Å². The minimum absolute atomic E-state index is 0.552. The normalized spacial score (nSPS) is 11.4. The third kappa shape index (κ3) is 9.33. The van der Waals surface area contributed by atoms with Crippen LogP contribution >= 0.6 is 0 Å². The molecule has 1 aromatic rings. The SMILES string of the molecule is CCCCCCCCC(C)=CCCOc1ccc(C=O)cc1OCC. The molecule has 0 unspecified atom stereocenters. The van der Waals surface area contributed by atoms with Crippen molar-refractivity contribution in [1.29, 1.82) is 0 Å². The van der Waals surface area contributed by atoms with Crippen LogP contribution in [0.15, 0.2) is 29.8 Å². The number of allylic oxidation sites excluding steroid dienone is 1. The van der Waals surface area contributed by atoms with Crippen molar-refractivity contribution in [1.82, 2.24) is 0 Å². The van der Waals surface area contributed by atoms with Gasteiger partial charge in [0.15, 0.2) is 11.5 Å². The highest BCUT2D eigenvalue weighted by molar-refractivity contribution is 5.76. The van der Waals surface area contributed by atoms with E-state index in [1.165, 1.54) is 50.5 Å². The molecule has 0 saturated carbocycles. The Morgan fingerprint density at radius 2 is 1.76 bits per heavy atom. The van der Waals surface area contributed by atoms with Crippen molar-refractivity contribution in [3.8, 4) is 11.5 Å². The highest BCUT2D eigenvalue weighted by Gasteiger charge is 2.06. The summed E-state index contributed by atoms with van der Waals surface area (Å²) in [5.74, 6) is 1.34. The van der Waals surface area contributed by atoms with Crippen LogP contribution in [0.4, 0.5) is 0 Å². The van der Waals surface area contributed by atoms with E-state index in [1.54, 1.807) is 12.1 Å². The fourth-order valence-corrected chi connectivity index (χ4v) is 2.75. The van der Waals surface area contributed by atoms with Gasteiger partial charge in [0.1, 0.15) is 6.29 Å². The van der Waals surface area contributed by atoms with E-state index in [-0.39, 0.29) is 0 Å². The average Bonchev–Trinajstić information content (AvgIpc) is 2.62. The lowest BCUT2D eigenvalue weighted by Gasteiger charge is -2.11. The summed E-state index contributed by atoms with van der Waals surface area (Å²) < 4.78 is 11.4. The lowest BCUT2D eigenvalue weighted by atomic mass is 10.1. The summed E-state index contributed by atoms with van der Waals surface area (Å²) in [4.78, 5) is 10.9. The molecule has 0 radical (unpaired) electrons. The summed E-state index contributed by atoms with van der Waals surface area (Å²) in [7, 11) is 0. The molecule has 0 atom stereocenters. The van der Waals surface area contributed by atoms with Gasteiger partial charge in [-0.2, -0.15) is 0 Å². The van der Waals surface area contributed by atoms with Gasteiger partial charge in [-0.15, -0.1) is 0 Å². The lowest BCUT2D eigenvalue weighted by molar-refractivity contribution is 0.112. The van der Waals surface area contributed by atoms with Crippen LogP contribution in [-0.2, 0) is 0 Å². The Labute approximate surface area is 153 Å². The number of unbranched alkanes of at least 4 members (excludes halogenated alkanes) is 5. The predicted molar refractivity (Wildman–Crippen MR) is 105 cm³/mol. The number of carbonyl (C=O) groups is 1. The molecular weight excluding hydrogens is 312 g/mol. The molecule has 25 heavy (non-hydrogen) atoms. The first-order valence-corrected chi connectivity index (χ1v) is 9.71. The van der Waals surface area contributed by atoms with Crippen LogP contribution in [-0.4, -0.2) is 19.5 Å². The molecule has 0 spiro atoms. The highest BCUT2D eigenvalue weighted by atomic mass is 16.5. The van der Waals surface area contributed by atoms with Gasteiger partial charge in [-0.05, 0) is 51.3 Å². The number of hydrogen-bond acceptors (Lipinski definition) is 3. The van der Waals surface area contributed by atoms with E-state index in [4.69, 9.17) is 9.47 Å². The van der Waals surface area contributed by atoms with Crippen molar-refractivity contribution in [2.24, 2.45) is 0 Å². The molecule has 3 heteroatoms. The van der Waals surface area contributed by atoms with E-state index in [0.29, 0.717) is 30.3 Å². The number of carbonyl (C=O) groups excluding carboxylic acids is 1. The van der Waals surface area contributed by atoms with Crippen LogP contribution in [0.25, 0.3) is 0 Å². The van der Waals surface area contributed by atoms with Gasteiger partial charge >= 0.3 is 0 Å². The molecule has 140 valence electrons. The molecule has 0 saturated heterocycles. The Bertz CT molecular complexity index is 520. The second-order valence-electron chi connectivity index (χ2n) is 6.46. The monoisotopic (exact) mass is 346 g/mol.